The smallest absolute Gasteiger partial charge is 0.170 e. The molecule has 0 unspecified atom stereocenters. The lowest BCUT2D eigenvalue weighted by molar-refractivity contribution is 0.111. The zero-order valence-electron chi connectivity index (χ0n) is 6.48. The fourth-order valence-electron chi connectivity index (χ4n) is 0.682. The van der Waals surface area contributed by atoms with Crippen molar-refractivity contribution in [2.24, 2.45) is 0 Å². The molecule has 0 saturated carbocycles. The summed E-state index contributed by atoms with van der Waals surface area (Å²) in [5, 5.41) is 0. The van der Waals surface area contributed by atoms with E-state index >= 15 is 0 Å². The number of nitrogen functional groups attached to an aromatic ring is 1. The zero-order valence-corrected chi connectivity index (χ0v) is 8.11. The molecule has 3 nitrogen and oxygen atoms in total. The van der Waals surface area contributed by atoms with Gasteiger partial charge in [0.15, 0.2) is 6.29 Å². The van der Waals surface area contributed by atoms with Gasteiger partial charge in [-0.2, -0.15) is 0 Å². The van der Waals surface area contributed by atoms with E-state index in [2.05, 4.69) is 4.98 Å². The lowest BCUT2D eigenvalue weighted by atomic mass is 10.3. The molecule has 1 rings (SSSR count). The summed E-state index contributed by atoms with van der Waals surface area (Å²) in [6, 6.07) is 3.44. The van der Waals surface area contributed by atoms with E-state index in [-0.39, 0.29) is 24.8 Å². The maximum atomic E-state index is 10.2. The van der Waals surface area contributed by atoms with Crippen LogP contribution in [0.4, 0.5) is 5.69 Å². The quantitative estimate of drug-likeness (QED) is 0.715. The van der Waals surface area contributed by atoms with Crippen LogP contribution in [-0.2, 0) is 0 Å². The summed E-state index contributed by atoms with van der Waals surface area (Å²) in [6.07, 6.45) is 0.655. The third-order valence-electron chi connectivity index (χ3n) is 1.21. The van der Waals surface area contributed by atoms with E-state index in [1.54, 1.807) is 12.1 Å². The van der Waals surface area contributed by atoms with E-state index in [9.17, 15) is 4.79 Å². The summed E-state index contributed by atoms with van der Waals surface area (Å²) in [4.78, 5) is 14.1. The molecular weight excluding hydrogens is 199 g/mol. The molecule has 1 aromatic rings. The summed E-state index contributed by atoms with van der Waals surface area (Å²) >= 11 is 0. The van der Waals surface area contributed by atoms with Gasteiger partial charge in [-0.1, -0.05) is 0 Å². The summed E-state index contributed by atoms with van der Waals surface area (Å²) in [5.41, 5.74) is 6.96. The fourth-order valence-corrected chi connectivity index (χ4v) is 0.682. The van der Waals surface area contributed by atoms with Crippen LogP contribution in [0.1, 0.15) is 16.2 Å². The van der Waals surface area contributed by atoms with Gasteiger partial charge in [-0.25, -0.2) is 4.98 Å². The van der Waals surface area contributed by atoms with Crippen LogP contribution in [0.15, 0.2) is 12.1 Å². The summed E-state index contributed by atoms with van der Waals surface area (Å²) in [5.74, 6) is 0. The van der Waals surface area contributed by atoms with Crippen molar-refractivity contribution in [3.05, 3.63) is 23.5 Å². The van der Waals surface area contributed by atoms with Crippen LogP contribution in [0.2, 0.25) is 0 Å². The first kappa shape index (κ1) is 13.8. The highest BCUT2D eigenvalue weighted by molar-refractivity contribution is 5.85. The van der Waals surface area contributed by atoms with Gasteiger partial charge in [0.05, 0.1) is 5.69 Å². The number of halogens is 2. The molecule has 0 atom stereocenters. The van der Waals surface area contributed by atoms with Gasteiger partial charge in [0.2, 0.25) is 0 Å². The third kappa shape index (κ3) is 3.07. The first-order chi connectivity index (χ1) is 4.74. The molecule has 2 N–H and O–H groups in total. The van der Waals surface area contributed by atoms with Crippen molar-refractivity contribution in [3.63, 3.8) is 0 Å². The standard InChI is InChI=1S/C7H8N2O.2ClH/c1-5-2-3-6(8)7(4-10)9-5;;/h2-4H,8H2,1H3;2*1H. The molecule has 0 bridgehead atoms. The van der Waals surface area contributed by atoms with Crippen molar-refractivity contribution >= 4 is 36.8 Å². The van der Waals surface area contributed by atoms with Gasteiger partial charge in [0, 0.05) is 5.69 Å². The number of pyridine rings is 1. The fraction of sp³-hybridized carbons (Fsp3) is 0.143. The predicted octanol–water partition coefficient (Wildman–Crippen LogP) is 1.63. The van der Waals surface area contributed by atoms with Gasteiger partial charge in [0.25, 0.3) is 0 Å². The Morgan fingerprint density at radius 2 is 2.00 bits per heavy atom. The van der Waals surface area contributed by atoms with Gasteiger partial charge in [-0.15, -0.1) is 24.8 Å². The number of aldehydes is 1. The molecular formula is C7H10Cl2N2O. The number of rotatable bonds is 1. The van der Waals surface area contributed by atoms with Crippen LogP contribution in [0.5, 0.6) is 0 Å². The number of hydrogen-bond acceptors (Lipinski definition) is 3. The number of aryl methyl sites for hydroxylation is 1. The molecule has 5 heteroatoms. The first-order valence-corrected chi connectivity index (χ1v) is 2.92. The Morgan fingerprint density at radius 1 is 1.42 bits per heavy atom. The van der Waals surface area contributed by atoms with Gasteiger partial charge >= 0.3 is 0 Å². The number of hydrogen-bond donors (Lipinski definition) is 1. The highest BCUT2D eigenvalue weighted by Gasteiger charge is 1.96. The van der Waals surface area contributed by atoms with Crippen LogP contribution in [0.3, 0.4) is 0 Å². The molecule has 1 heterocycles. The van der Waals surface area contributed by atoms with E-state index in [1.165, 1.54) is 0 Å². The molecule has 0 spiro atoms. The van der Waals surface area contributed by atoms with Gasteiger partial charge in [0.1, 0.15) is 5.69 Å². The molecule has 0 aromatic carbocycles. The molecule has 0 amide bonds. The average Bonchev–Trinajstić information content (AvgIpc) is 1.94. The Balaban J connectivity index is 0. The Kier molecular flexibility index (Phi) is 6.65. The van der Waals surface area contributed by atoms with Gasteiger partial charge in [-0.05, 0) is 19.1 Å². The van der Waals surface area contributed by atoms with Gasteiger partial charge in [-0.3, -0.25) is 4.79 Å². The molecule has 68 valence electrons. The Bertz CT molecular complexity index is 266. The van der Waals surface area contributed by atoms with Crippen molar-refractivity contribution in [1.82, 2.24) is 4.98 Å². The average molecular weight is 209 g/mol. The van der Waals surface area contributed by atoms with E-state index in [4.69, 9.17) is 5.73 Å². The summed E-state index contributed by atoms with van der Waals surface area (Å²) in [7, 11) is 0. The van der Waals surface area contributed by atoms with Gasteiger partial charge < -0.3 is 5.73 Å². The normalized spacial score (nSPS) is 7.75. The van der Waals surface area contributed by atoms with E-state index < -0.39 is 0 Å². The van der Waals surface area contributed by atoms with Crippen molar-refractivity contribution in [1.29, 1.82) is 0 Å². The van der Waals surface area contributed by atoms with Crippen LogP contribution in [0.25, 0.3) is 0 Å². The topological polar surface area (TPSA) is 56.0 Å². The van der Waals surface area contributed by atoms with Crippen molar-refractivity contribution in [2.75, 3.05) is 5.73 Å². The number of nitrogens with two attached hydrogens (primary N) is 1. The van der Waals surface area contributed by atoms with Crippen molar-refractivity contribution in [3.8, 4) is 0 Å². The minimum atomic E-state index is 0. The Hall–Kier alpha value is -0.800. The molecule has 1 aromatic heterocycles. The molecule has 12 heavy (non-hydrogen) atoms. The van der Waals surface area contributed by atoms with Crippen molar-refractivity contribution in [2.45, 2.75) is 6.92 Å². The monoisotopic (exact) mass is 208 g/mol. The second kappa shape index (κ2) is 5.80. The minimum Gasteiger partial charge on any atom is -0.397 e. The molecule has 0 radical (unpaired) electrons. The van der Waals surface area contributed by atoms with E-state index in [0.717, 1.165) is 5.69 Å². The van der Waals surface area contributed by atoms with Crippen molar-refractivity contribution < 1.29 is 4.79 Å². The van der Waals surface area contributed by atoms with Crippen LogP contribution < -0.4 is 5.73 Å². The number of anilines is 1. The molecule has 0 saturated heterocycles. The molecule has 0 aliphatic rings. The van der Waals surface area contributed by atoms with E-state index in [0.29, 0.717) is 17.7 Å². The number of carbonyl (C=O) groups excluding carboxylic acids is 1. The lowest BCUT2D eigenvalue weighted by Gasteiger charge is -1.96. The highest BCUT2D eigenvalue weighted by Crippen LogP contribution is 2.05. The predicted molar refractivity (Wildman–Crippen MR) is 53.3 cm³/mol. The largest absolute Gasteiger partial charge is 0.397 e. The van der Waals surface area contributed by atoms with E-state index in [1.807, 2.05) is 6.92 Å². The molecule has 0 aliphatic carbocycles. The zero-order chi connectivity index (χ0) is 7.56. The van der Waals surface area contributed by atoms with Crippen LogP contribution in [0, 0.1) is 6.92 Å². The SMILES string of the molecule is Cc1ccc(N)c(C=O)n1.Cl.Cl. The summed E-state index contributed by atoms with van der Waals surface area (Å²) in [6.45, 7) is 1.81. The lowest BCUT2D eigenvalue weighted by Crippen LogP contribution is -1.96. The maximum Gasteiger partial charge on any atom is 0.170 e. The Labute approximate surface area is 83.2 Å². The number of aromatic nitrogens is 1. The second-order valence-corrected chi connectivity index (χ2v) is 2.04. The molecule has 0 aliphatic heterocycles. The van der Waals surface area contributed by atoms with Crippen LogP contribution in [-0.4, -0.2) is 11.3 Å². The maximum absolute atomic E-state index is 10.2. The first-order valence-electron chi connectivity index (χ1n) is 2.92. The minimum absolute atomic E-state index is 0. The third-order valence-corrected chi connectivity index (χ3v) is 1.21. The second-order valence-electron chi connectivity index (χ2n) is 2.04. The number of nitrogens with zero attached hydrogens (tertiary/aromatic N) is 1. The Morgan fingerprint density at radius 3 is 2.42 bits per heavy atom. The molecule has 0 fully saturated rings. The van der Waals surface area contributed by atoms with Crippen LogP contribution >= 0.6 is 24.8 Å². The highest BCUT2D eigenvalue weighted by atomic mass is 35.5. The summed E-state index contributed by atoms with van der Waals surface area (Å²) < 4.78 is 0. The number of carbonyl (C=O) groups is 1.